The Morgan fingerprint density at radius 3 is 2.74 bits per heavy atom. The Hall–Kier alpha value is -2.56. The highest BCUT2D eigenvalue weighted by molar-refractivity contribution is 6.06. The molecular weight excluding hydrogens is 242 g/mol. The van der Waals surface area contributed by atoms with Crippen LogP contribution in [0.2, 0.25) is 0 Å². The molecule has 0 aliphatic carbocycles. The van der Waals surface area contributed by atoms with Crippen LogP contribution in [0.15, 0.2) is 36.5 Å². The van der Waals surface area contributed by atoms with Gasteiger partial charge in [0.25, 0.3) is 5.91 Å². The van der Waals surface area contributed by atoms with Gasteiger partial charge in [0.15, 0.2) is 5.75 Å². The van der Waals surface area contributed by atoms with Crippen molar-refractivity contribution in [2.24, 2.45) is 0 Å². The number of para-hydroxylation sites is 1. The Morgan fingerprint density at radius 1 is 1.32 bits per heavy atom. The molecule has 0 aliphatic heterocycles. The number of pyridine rings is 1. The van der Waals surface area contributed by atoms with Gasteiger partial charge in [-0.3, -0.25) is 4.79 Å². The van der Waals surface area contributed by atoms with Crippen molar-refractivity contribution in [3.8, 4) is 5.75 Å². The summed E-state index contributed by atoms with van der Waals surface area (Å²) in [6, 6.07) is 8.65. The molecule has 0 aliphatic rings. The first-order valence-corrected chi connectivity index (χ1v) is 5.78. The van der Waals surface area contributed by atoms with Gasteiger partial charge in [0.05, 0.1) is 18.4 Å². The minimum Gasteiger partial charge on any atom is -0.494 e. The maximum absolute atomic E-state index is 12.1. The van der Waals surface area contributed by atoms with Gasteiger partial charge in [0, 0.05) is 6.20 Å². The Labute approximate surface area is 111 Å². The van der Waals surface area contributed by atoms with Gasteiger partial charge in [-0.15, -0.1) is 0 Å². The molecule has 1 amide bonds. The largest absolute Gasteiger partial charge is 0.494 e. The molecule has 1 aromatic carbocycles. The monoisotopic (exact) mass is 257 g/mol. The van der Waals surface area contributed by atoms with Gasteiger partial charge in [-0.05, 0) is 30.7 Å². The van der Waals surface area contributed by atoms with Crippen LogP contribution in [0.1, 0.15) is 15.9 Å². The Kier molecular flexibility index (Phi) is 3.66. The fourth-order valence-electron chi connectivity index (χ4n) is 1.69. The van der Waals surface area contributed by atoms with Gasteiger partial charge < -0.3 is 15.8 Å². The van der Waals surface area contributed by atoms with E-state index in [1.807, 2.05) is 13.0 Å². The summed E-state index contributed by atoms with van der Waals surface area (Å²) in [5, 5.41) is 2.70. The summed E-state index contributed by atoms with van der Waals surface area (Å²) in [5.74, 6) is 0.549. The topological polar surface area (TPSA) is 77.2 Å². The van der Waals surface area contributed by atoms with Crippen molar-refractivity contribution in [2.45, 2.75) is 6.92 Å². The van der Waals surface area contributed by atoms with Crippen LogP contribution in [-0.4, -0.2) is 18.0 Å². The zero-order valence-electron chi connectivity index (χ0n) is 10.8. The number of hydrogen-bond donors (Lipinski definition) is 2. The van der Waals surface area contributed by atoms with Crippen LogP contribution in [0.4, 0.5) is 11.5 Å². The Bertz CT molecular complexity index is 594. The summed E-state index contributed by atoms with van der Waals surface area (Å²) in [7, 11) is 1.48. The molecule has 0 spiro atoms. The number of nitrogen functional groups attached to an aromatic ring is 1. The highest BCUT2D eigenvalue weighted by atomic mass is 16.5. The molecule has 5 heteroatoms. The zero-order chi connectivity index (χ0) is 13.8. The minimum atomic E-state index is -0.305. The van der Waals surface area contributed by atoms with Gasteiger partial charge in [0.2, 0.25) is 0 Å². The third kappa shape index (κ3) is 2.82. The van der Waals surface area contributed by atoms with Gasteiger partial charge in [-0.2, -0.15) is 0 Å². The molecule has 1 aromatic heterocycles. The lowest BCUT2D eigenvalue weighted by atomic mass is 10.1. The fourth-order valence-corrected chi connectivity index (χ4v) is 1.69. The number of carbonyl (C=O) groups is 1. The Morgan fingerprint density at radius 2 is 2.11 bits per heavy atom. The van der Waals surface area contributed by atoms with Crippen molar-refractivity contribution in [3.05, 3.63) is 47.7 Å². The molecule has 98 valence electrons. The number of aryl methyl sites for hydroxylation is 1. The number of nitrogens with two attached hydrogens (primary N) is 1. The summed E-state index contributed by atoms with van der Waals surface area (Å²) in [6.45, 7) is 1.93. The van der Waals surface area contributed by atoms with Crippen LogP contribution in [0.5, 0.6) is 5.75 Å². The average molecular weight is 257 g/mol. The van der Waals surface area contributed by atoms with Crippen LogP contribution < -0.4 is 15.8 Å². The molecule has 1 heterocycles. The number of rotatable bonds is 3. The van der Waals surface area contributed by atoms with E-state index in [4.69, 9.17) is 10.5 Å². The lowest BCUT2D eigenvalue weighted by Gasteiger charge is -2.10. The van der Waals surface area contributed by atoms with E-state index in [1.165, 1.54) is 7.11 Å². The van der Waals surface area contributed by atoms with Crippen molar-refractivity contribution in [1.82, 2.24) is 4.98 Å². The quantitative estimate of drug-likeness (QED) is 0.827. The molecule has 0 saturated heterocycles. The second-order valence-electron chi connectivity index (χ2n) is 4.10. The summed E-state index contributed by atoms with van der Waals surface area (Å²) >= 11 is 0. The number of nitrogens with zero attached hydrogens (tertiary/aromatic N) is 1. The number of ether oxygens (including phenoxy) is 1. The molecule has 5 nitrogen and oxygen atoms in total. The number of benzene rings is 1. The van der Waals surface area contributed by atoms with E-state index in [9.17, 15) is 4.79 Å². The number of amides is 1. The molecule has 0 fully saturated rings. The highest BCUT2D eigenvalue weighted by Gasteiger charge is 2.14. The maximum atomic E-state index is 12.1. The lowest BCUT2D eigenvalue weighted by molar-refractivity contribution is 0.102. The van der Waals surface area contributed by atoms with E-state index in [-0.39, 0.29) is 5.91 Å². The summed E-state index contributed by atoms with van der Waals surface area (Å²) in [4.78, 5) is 16.3. The molecule has 0 atom stereocenters. The molecule has 0 unspecified atom stereocenters. The van der Waals surface area contributed by atoms with Gasteiger partial charge in [0.1, 0.15) is 5.82 Å². The normalized spacial score (nSPS) is 10.0. The molecule has 2 aromatic rings. The van der Waals surface area contributed by atoms with Crippen molar-refractivity contribution in [3.63, 3.8) is 0 Å². The van der Waals surface area contributed by atoms with E-state index >= 15 is 0 Å². The second-order valence-corrected chi connectivity index (χ2v) is 4.10. The molecular formula is C14H15N3O2. The molecule has 0 bridgehead atoms. The summed E-state index contributed by atoms with van der Waals surface area (Å²) in [5.41, 5.74) is 7.59. The fraction of sp³-hybridized carbons (Fsp3) is 0.143. The predicted molar refractivity (Wildman–Crippen MR) is 74.3 cm³/mol. The smallest absolute Gasteiger partial charge is 0.260 e. The predicted octanol–water partition coefficient (Wildman–Crippen LogP) is 2.23. The first-order valence-electron chi connectivity index (χ1n) is 5.78. The second kappa shape index (κ2) is 5.39. The average Bonchev–Trinajstić information content (AvgIpc) is 2.41. The van der Waals surface area contributed by atoms with Gasteiger partial charge in [-0.25, -0.2) is 4.98 Å². The Balaban J connectivity index is 2.25. The molecule has 0 saturated carbocycles. The van der Waals surface area contributed by atoms with E-state index in [2.05, 4.69) is 10.3 Å². The zero-order valence-corrected chi connectivity index (χ0v) is 10.8. The standard InChI is InChI=1S/C14H15N3O2/c1-9-6-7-12(16-8-9)17-14(18)10-4-3-5-11(15)13(10)19-2/h3-8H,15H2,1-2H3,(H,16,17,18). The third-order valence-electron chi connectivity index (χ3n) is 2.65. The summed E-state index contributed by atoms with van der Waals surface area (Å²) < 4.78 is 5.15. The van der Waals surface area contributed by atoms with Crippen LogP contribution in [0, 0.1) is 6.92 Å². The van der Waals surface area contributed by atoms with Gasteiger partial charge in [-0.1, -0.05) is 12.1 Å². The van der Waals surface area contributed by atoms with E-state index in [1.54, 1.807) is 30.5 Å². The molecule has 3 N–H and O–H groups in total. The number of carbonyl (C=O) groups excluding carboxylic acids is 1. The van der Waals surface area contributed by atoms with E-state index in [0.29, 0.717) is 22.8 Å². The van der Waals surface area contributed by atoms with Crippen LogP contribution in [0.3, 0.4) is 0 Å². The van der Waals surface area contributed by atoms with Crippen molar-refractivity contribution in [2.75, 3.05) is 18.2 Å². The van der Waals surface area contributed by atoms with Crippen molar-refractivity contribution >= 4 is 17.4 Å². The van der Waals surface area contributed by atoms with Gasteiger partial charge >= 0.3 is 0 Å². The number of methoxy groups -OCH3 is 1. The van der Waals surface area contributed by atoms with E-state index in [0.717, 1.165) is 5.56 Å². The molecule has 2 rings (SSSR count). The first kappa shape index (κ1) is 12.9. The lowest BCUT2D eigenvalue weighted by Crippen LogP contribution is -2.14. The van der Waals surface area contributed by atoms with E-state index < -0.39 is 0 Å². The molecule has 0 radical (unpaired) electrons. The SMILES string of the molecule is COc1c(N)cccc1C(=O)Nc1ccc(C)cn1. The number of anilines is 2. The number of nitrogens with one attached hydrogen (secondary N) is 1. The van der Waals surface area contributed by atoms with Crippen LogP contribution >= 0.6 is 0 Å². The molecule has 19 heavy (non-hydrogen) atoms. The number of hydrogen-bond acceptors (Lipinski definition) is 4. The maximum Gasteiger partial charge on any atom is 0.260 e. The van der Waals surface area contributed by atoms with Crippen LogP contribution in [0.25, 0.3) is 0 Å². The first-order chi connectivity index (χ1) is 9.11. The third-order valence-corrected chi connectivity index (χ3v) is 2.65. The highest BCUT2D eigenvalue weighted by Crippen LogP contribution is 2.26. The van der Waals surface area contributed by atoms with Crippen molar-refractivity contribution < 1.29 is 9.53 Å². The number of aromatic nitrogens is 1. The van der Waals surface area contributed by atoms with Crippen molar-refractivity contribution in [1.29, 1.82) is 0 Å². The minimum absolute atomic E-state index is 0.305. The summed E-state index contributed by atoms with van der Waals surface area (Å²) in [6.07, 6.45) is 1.69. The van der Waals surface area contributed by atoms with Crippen LogP contribution in [-0.2, 0) is 0 Å².